The van der Waals surface area contributed by atoms with Crippen LogP contribution in [0.2, 0.25) is 0 Å². The average Bonchev–Trinajstić information content (AvgIpc) is 3.21. The van der Waals surface area contributed by atoms with Crippen molar-refractivity contribution in [3.8, 4) is 5.69 Å². The first-order chi connectivity index (χ1) is 14.1. The van der Waals surface area contributed by atoms with Crippen molar-refractivity contribution in [1.82, 2.24) is 15.1 Å². The molecule has 4 rings (SSSR count). The van der Waals surface area contributed by atoms with E-state index >= 15 is 0 Å². The van der Waals surface area contributed by atoms with Crippen LogP contribution in [-0.4, -0.2) is 29.9 Å². The van der Waals surface area contributed by atoms with Crippen LogP contribution in [0.4, 0.5) is 13.2 Å². The van der Waals surface area contributed by atoms with Crippen LogP contribution in [0.25, 0.3) is 5.69 Å². The van der Waals surface area contributed by atoms with Crippen molar-refractivity contribution in [1.29, 1.82) is 0 Å². The third-order valence-electron chi connectivity index (χ3n) is 4.88. The molecule has 1 aliphatic heterocycles. The number of halogens is 3. The van der Waals surface area contributed by atoms with Gasteiger partial charge in [-0.2, -0.15) is 18.3 Å². The molecule has 0 radical (unpaired) electrons. The lowest BCUT2D eigenvalue weighted by molar-refractivity contribution is -0.141. The highest BCUT2D eigenvalue weighted by Gasteiger charge is 2.34. The Labute approximate surface area is 170 Å². The first-order valence-electron chi connectivity index (χ1n) is 9.01. The van der Waals surface area contributed by atoms with Crippen molar-refractivity contribution in [2.75, 3.05) is 5.75 Å². The number of alkyl halides is 3. The maximum atomic E-state index is 12.7. The van der Waals surface area contributed by atoms with Gasteiger partial charge in [0.15, 0.2) is 15.5 Å². The van der Waals surface area contributed by atoms with Crippen molar-refractivity contribution >= 4 is 15.7 Å². The maximum Gasteiger partial charge on any atom is 0.435 e. The Morgan fingerprint density at radius 2 is 1.77 bits per heavy atom. The highest BCUT2D eigenvalue weighted by atomic mass is 32.2. The number of aromatic nitrogens is 2. The Morgan fingerprint density at radius 1 is 1.07 bits per heavy atom. The normalized spacial score (nSPS) is 17.9. The molecule has 0 spiro atoms. The van der Waals surface area contributed by atoms with E-state index in [1.54, 1.807) is 18.2 Å². The lowest BCUT2D eigenvalue weighted by atomic mass is 10.0. The molecule has 1 unspecified atom stereocenters. The second kappa shape index (κ2) is 7.28. The van der Waals surface area contributed by atoms with Gasteiger partial charge >= 0.3 is 6.18 Å². The number of benzene rings is 2. The minimum absolute atomic E-state index is 0.0608. The first kappa shape index (κ1) is 20.1. The van der Waals surface area contributed by atoms with Crippen LogP contribution >= 0.6 is 0 Å². The summed E-state index contributed by atoms with van der Waals surface area (Å²) >= 11 is 0. The number of nitrogens with zero attached hydrogens (tertiary/aromatic N) is 2. The number of nitrogens with one attached hydrogen (secondary N) is 1. The smallest absolute Gasteiger partial charge is 0.345 e. The molecule has 1 aromatic heterocycles. The molecule has 2 heterocycles. The largest absolute Gasteiger partial charge is 0.435 e. The van der Waals surface area contributed by atoms with Crippen molar-refractivity contribution < 1.29 is 26.4 Å². The zero-order valence-electron chi connectivity index (χ0n) is 15.4. The Hall–Kier alpha value is -3.14. The SMILES string of the molecule is O=C(NC1CCS(=O)(=O)c2ccccc21)c1ccc(-n2ccc(C(F)(F)F)n2)cc1. The summed E-state index contributed by atoms with van der Waals surface area (Å²) in [7, 11) is -3.36. The molecule has 0 bridgehead atoms. The number of carbonyl (C=O) groups excluding carboxylic acids is 1. The molecular weight excluding hydrogens is 419 g/mol. The van der Waals surface area contributed by atoms with Gasteiger partial charge in [0.25, 0.3) is 5.91 Å². The summed E-state index contributed by atoms with van der Waals surface area (Å²) in [5.74, 6) is -0.466. The molecular formula is C20H16F3N3O3S. The molecule has 2 aromatic carbocycles. The van der Waals surface area contributed by atoms with Crippen LogP contribution in [0, 0.1) is 0 Å². The molecule has 1 N–H and O–H groups in total. The lowest BCUT2D eigenvalue weighted by Gasteiger charge is -2.26. The molecule has 30 heavy (non-hydrogen) atoms. The van der Waals surface area contributed by atoms with Gasteiger partial charge in [-0.15, -0.1) is 0 Å². The molecule has 6 nitrogen and oxygen atoms in total. The molecule has 3 aromatic rings. The summed E-state index contributed by atoms with van der Waals surface area (Å²) < 4.78 is 63.6. The van der Waals surface area contributed by atoms with E-state index in [1.165, 1.54) is 36.5 Å². The standard InChI is InChI=1S/C20H16F3N3O3S/c21-20(22,23)18-9-11-26(25-18)14-7-5-13(6-8-14)19(27)24-16-10-12-30(28,29)17-4-2-1-3-15(16)17/h1-9,11,16H,10,12H2,(H,24,27). The Morgan fingerprint density at radius 3 is 2.43 bits per heavy atom. The number of amides is 1. The lowest BCUT2D eigenvalue weighted by Crippen LogP contribution is -2.33. The second-order valence-corrected chi connectivity index (χ2v) is 8.94. The fraction of sp³-hybridized carbons (Fsp3) is 0.200. The number of sulfone groups is 1. The van der Waals surface area contributed by atoms with E-state index in [2.05, 4.69) is 10.4 Å². The molecule has 156 valence electrons. The van der Waals surface area contributed by atoms with Crippen LogP contribution < -0.4 is 5.32 Å². The summed E-state index contributed by atoms with van der Waals surface area (Å²) in [4.78, 5) is 12.9. The van der Waals surface area contributed by atoms with Gasteiger partial charge < -0.3 is 5.32 Å². The monoisotopic (exact) mass is 435 g/mol. The number of fused-ring (bicyclic) bond motifs is 1. The third-order valence-corrected chi connectivity index (χ3v) is 6.70. The van der Waals surface area contributed by atoms with E-state index in [9.17, 15) is 26.4 Å². The van der Waals surface area contributed by atoms with Gasteiger partial charge in [0.1, 0.15) is 0 Å². The number of hydrogen-bond acceptors (Lipinski definition) is 4. The van der Waals surface area contributed by atoms with Crippen LogP contribution in [0.3, 0.4) is 0 Å². The summed E-state index contributed by atoms with van der Waals surface area (Å²) in [5, 5.41) is 6.33. The quantitative estimate of drug-likeness (QED) is 0.683. The van der Waals surface area contributed by atoms with E-state index < -0.39 is 33.7 Å². The fourth-order valence-electron chi connectivity index (χ4n) is 3.37. The molecule has 0 saturated heterocycles. The van der Waals surface area contributed by atoms with E-state index in [0.29, 0.717) is 16.8 Å². The number of rotatable bonds is 3. The topological polar surface area (TPSA) is 81.1 Å². The van der Waals surface area contributed by atoms with E-state index in [4.69, 9.17) is 0 Å². The summed E-state index contributed by atoms with van der Waals surface area (Å²) in [6.07, 6.45) is -3.08. The third kappa shape index (κ3) is 3.82. The zero-order chi connectivity index (χ0) is 21.5. The van der Waals surface area contributed by atoms with Crippen LogP contribution in [-0.2, 0) is 16.0 Å². The highest BCUT2D eigenvalue weighted by molar-refractivity contribution is 7.91. The minimum Gasteiger partial charge on any atom is -0.345 e. The maximum absolute atomic E-state index is 12.7. The van der Waals surface area contributed by atoms with Gasteiger partial charge in [0, 0.05) is 11.8 Å². The summed E-state index contributed by atoms with van der Waals surface area (Å²) in [6.45, 7) is 0. The van der Waals surface area contributed by atoms with Crippen molar-refractivity contribution in [3.05, 3.63) is 77.6 Å². The van der Waals surface area contributed by atoms with Crippen LogP contribution in [0.1, 0.15) is 34.1 Å². The summed E-state index contributed by atoms with van der Waals surface area (Å²) in [5.41, 5.74) is 0.212. The average molecular weight is 435 g/mol. The molecule has 1 amide bonds. The van der Waals surface area contributed by atoms with Gasteiger partial charge in [-0.05, 0) is 48.4 Å². The molecule has 0 saturated carbocycles. The highest BCUT2D eigenvalue weighted by Crippen LogP contribution is 2.32. The van der Waals surface area contributed by atoms with Crippen molar-refractivity contribution in [3.63, 3.8) is 0 Å². The Kier molecular flexibility index (Phi) is 4.89. The molecule has 1 aliphatic rings. The van der Waals surface area contributed by atoms with Crippen LogP contribution in [0.15, 0.2) is 65.7 Å². The van der Waals surface area contributed by atoms with E-state index in [-0.39, 0.29) is 17.1 Å². The van der Waals surface area contributed by atoms with Crippen molar-refractivity contribution in [2.24, 2.45) is 0 Å². The fourth-order valence-corrected chi connectivity index (χ4v) is 4.99. The van der Waals surface area contributed by atoms with Crippen LogP contribution in [0.5, 0.6) is 0 Å². The Bertz CT molecular complexity index is 1200. The van der Waals surface area contributed by atoms with Gasteiger partial charge in [-0.3, -0.25) is 4.79 Å². The van der Waals surface area contributed by atoms with Gasteiger partial charge in [0.2, 0.25) is 0 Å². The Balaban J connectivity index is 1.52. The molecule has 0 aliphatic carbocycles. The number of carbonyl (C=O) groups is 1. The van der Waals surface area contributed by atoms with Crippen molar-refractivity contribution in [2.45, 2.75) is 23.5 Å². The molecule has 10 heteroatoms. The molecule has 0 fully saturated rings. The predicted octanol–water partition coefficient (Wildman–Crippen LogP) is 3.54. The summed E-state index contributed by atoms with van der Waals surface area (Å²) in [6, 6.07) is 12.9. The van der Waals surface area contributed by atoms with Gasteiger partial charge in [0.05, 0.1) is 22.4 Å². The van der Waals surface area contributed by atoms with Gasteiger partial charge in [-0.1, -0.05) is 18.2 Å². The minimum atomic E-state index is -4.53. The van der Waals surface area contributed by atoms with E-state index in [0.717, 1.165) is 10.7 Å². The molecule has 1 atom stereocenters. The second-order valence-electron chi connectivity index (χ2n) is 6.86. The number of hydrogen-bond donors (Lipinski definition) is 1. The van der Waals surface area contributed by atoms with Gasteiger partial charge in [-0.25, -0.2) is 13.1 Å². The van der Waals surface area contributed by atoms with E-state index in [1.807, 2.05) is 0 Å². The first-order valence-corrected chi connectivity index (χ1v) is 10.7. The predicted molar refractivity (Wildman–Crippen MR) is 102 cm³/mol. The zero-order valence-corrected chi connectivity index (χ0v) is 16.2.